The monoisotopic (exact) mass is 235 g/mol. The highest BCUT2D eigenvalue weighted by atomic mass is 16.3. The fourth-order valence-electron chi connectivity index (χ4n) is 1.98. The molecule has 2 heteroatoms. The van der Waals surface area contributed by atoms with E-state index >= 15 is 0 Å². The summed E-state index contributed by atoms with van der Waals surface area (Å²) in [4.78, 5) is 2.24. The smallest absolute Gasteiger partial charge is 0.0942 e. The lowest BCUT2D eigenvalue weighted by Crippen LogP contribution is -2.35. The quantitative estimate of drug-likeness (QED) is 0.733. The van der Waals surface area contributed by atoms with Gasteiger partial charge < -0.3 is 10.0 Å². The van der Waals surface area contributed by atoms with Gasteiger partial charge in [0.2, 0.25) is 0 Å². The van der Waals surface area contributed by atoms with E-state index in [2.05, 4.69) is 25.8 Å². The van der Waals surface area contributed by atoms with Gasteiger partial charge in [0.05, 0.1) is 6.10 Å². The van der Waals surface area contributed by atoms with E-state index in [0.29, 0.717) is 0 Å². The van der Waals surface area contributed by atoms with Crippen LogP contribution in [0.2, 0.25) is 0 Å². The molecule has 1 aromatic rings. The molecule has 2 atom stereocenters. The van der Waals surface area contributed by atoms with Gasteiger partial charge in [-0.2, -0.15) is 0 Å². The zero-order valence-electron chi connectivity index (χ0n) is 11.3. The molecule has 0 aliphatic rings. The van der Waals surface area contributed by atoms with Gasteiger partial charge in [-0.05, 0) is 32.5 Å². The van der Waals surface area contributed by atoms with Crippen LogP contribution in [0, 0.1) is 0 Å². The molecule has 0 radical (unpaired) electrons. The molecular weight excluding hydrogens is 210 g/mol. The second kappa shape index (κ2) is 7.46. The van der Waals surface area contributed by atoms with E-state index in [1.54, 1.807) is 0 Å². The van der Waals surface area contributed by atoms with Crippen LogP contribution in [-0.2, 0) is 0 Å². The molecule has 2 nitrogen and oxygen atoms in total. The van der Waals surface area contributed by atoms with Crippen LogP contribution in [-0.4, -0.2) is 29.6 Å². The first-order valence-electron chi connectivity index (χ1n) is 6.60. The Morgan fingerprint density at radius 2 is 1.82 bits per heavy atom. The topological polar surface area (TPSA) is 23.5 Å². The number of aliphatic hydroxyl groups is 1. The van der Waals surface area contributed by atoms with Gasteiger partial charge in [-0.25, -0.2) is 0 Å². The standard InChI is InChI=1S/C15H25NO/c1-4-5-9-12-16(3)13(2)15(17)14-10-7-6-8-11-14/h6-8,10-11,13,15,17H,4-5,9,12H2,1-3H3/t13-,15+/m1/s1. The minimum atomic E-state index is -0.400. The van der Waals surface area contributed by atoms with E-state index < -0.39 is 6.10 Å². The highest BCUT2D eigenvalue weighted by molar-refractivity contribution is 5.18. The van der Waals surface area contributed by atoms with E-state index in [4.69, 9.17) is 0 Å². The van der Waals surface area contributed by atoms with Crippen molar-refractivity contribution in [1.82, 2.24) is 4.90 Å². The largest absolute Gasteiger partial charge is 0.387 e. The molecule has 0 unspecified atom stereocenters. The van der Waals surface area contributed by atoms with Crippen molar-refractivity contribution in [3.05, 3.63) is 35.9 Å². The van der Waals surface area contributed by atoms with Crippen molar-refractivity contribution in [2.75, 3.05) is 13.6 Å². The number of hydrogen-bond donors (Lipinski definition) is 1. The molecule has 0 aliphatic heterocycles. The number of hydrogen-bond acceptors (Lipinski definition) is 2. The minimum absolute atomic E-state index is 0.161. The lowest BCUT2D eigenvalue weighted by Gasteiger charge is -2.29. The Hall–Kier alpha value is -0.860. The number of aliphatic hydroxyl groups excluding tert-OH is 1. The second-order valence-corrected chi connectivity index (χ2v) is 4.78. The SMILES string of the molecule is CCCCCN(C)[C@H](C)[C@H](O)c1ccccc1. The molecule has 0 saturated carbocycles. The molecule has 0 heterocycles. The van der Waals surface area contributed by atoms with E-state index in [9.17, 15) is 5.11 Å². The molecule has 1 aromatic carbocycles. The van der Waals surface area contributed by atoms with Gasteiger partial charge >= 0.3 is 0 Å². The van der Waals surface area contributed by atoms with Crippen LogP contribution in [0.1, 0.15) is 44.8 Å². The summed E-state index contributed by atoms with van der Waals surface area (Å²) in [6.07, 6.45) is 3.31. The van der Waals surface area contributed by atoms with Crippen molar-refractivity contribution in [1.29, 1.82) is 0 Å². The van der Waals surface area contributed by atoms with Crippen LogP contribution in [0.5, 0.6) is 0 Å². The number of likely N-dealkylation sites (N-methyl/N-ethyl adjacent to an activating group) is 1. The van der Waals surface area contributed by atoms with E-state index in [0.717, 1.165) is 12.1 Å². The van der Waals surface area contributed by atoms with Gasteiger partial charge in [-0.15, -0.1) is 0 Å². The lowest BCUT2D eigenvalue weighted by atomic mass is 10.0. The van der Waals surface area contributed by atoms with E-state index in [1.165, 1.54) is 19.3 Å². The number of rotatable bonds is 7. The van der Waals surface area contributed by atoms with Crippen LogP contribution in [0.3, 0.4) is 0 Å². The summed E-state index contributed by atoms with van der Waals surface area (Å²) < 4.78 is 0. The third-order valence-electron chi connectivity index (χ3n) is 3.41. The average Bonchev–Trinajstić information content (AvgIpc) is 2.38. The van der Waals surface area contributed by atoms with Crippen molar-refractivity contribution < 1.29 is 5.11 Å². The van der Waals surface area contributed by atoms with Crippen molar-refractivity contribution >= 4 is 0 Å². The van der Waals surface area contributed by atoms with Gasteiger partial charge in [0.1, 0.15) is 0 Å². The van der Waals surface area contributed by atoms with Crippen molar-refractivity contribution in [2.45, 2.75) is 45.3 Å². The molecule has 96 valence electrons. The highest BCUT2D eigenvalue weighted by Crippen LogP contribution is 2.19. The Morgan fingerprint density at radius 3 is 2.41 bits per heavy atom. The summed E-state index contributed by atoms with van der Waals surface area (Å²) in [5, 5.41) is 10.3. The molecule has 0 bridgehead atoms. The molecular formula is C15H25NO. The van der Waals surface area contributed by atoms with Gasteiger partial charge in [0, 0.05) is 6.04 Å². The highest BCUT2D eigenvalue weighted by Gasteiger charge is 2.19. The molecule has 1 rings (SSSR count). The molecule has 0 fully saturated rings. The number of nitrogens with zero attached hydrogens (tertiary/aromatic N) is 1. The Kier molecular flexibility index (Phi) is 6.23. The fraction of sp³-hybridized carbons (Fsp3) is 0.600. The number of benzene rings is 1. The third kappa shape index (κ3) is 4.49. The zero-order chi connectivity index (χ0) is 12.7. The van der Waals surface area contributed by atoms with E-state index in [-0.39, 0.29) is 6.04 Å². The molecule has 0 spiro atoms. The Balaban J connectivity index is 2.48. The van der Waals surface area contributed by atoms with Crippen molar-refractivity contribution in [3.63, 3.8) is 0 Å². The van der Waals surface area contributed by atoms with Crippen molar-refractivity contribution in [2.24, 2.45) is 0 Å². The van der Waals surface area contributed by atoms with Gasteiger partial charge in [-0.3, -0.25) is 0 Å². The number of unbranched alkanes of at least 4 members (excludes halogenated alkanes) is 2. The van der Waals surface area contributed by atoms with Crippen molar-refractivity contribution in [3.8, 4) is 0 Å². The van der Waals surface area contributed by atoms with Crippen LogP contribution >= 0.6 is 0 Å². The summed E-state index contributed by atoms with van der Waals surface area (Å²) in [5.41, 5.74) is 1.00. The first-order valence-corrected chi connectivity index (χ1v) is 6.60. The Bertz CT molecular complexity index is 299. The normalized spacial score (nSPS) is 14.9. The van der Waals surface area contributed by atoms with Crippen LogP contribution in [0.4, 0.5) is 0 Å². The Labute approximate surface area is 105 Å². The van der Waals surface area contributed by atoms with Crippen LogP contribution < -0.4 is 0 Å². The predicted octanol–water partition coefficient (Wildman–Crippen LogP) is 3.23. The molecule has 0 aliphatic carbocycles. The van der Waals surface area contributed by atoms with Crippen LogP contribution in [0.25, 0.3) is 0 Å². The second-order valence-electron chi connectivity index (χ2n) is 4.78. The predicted molar refractivity (Wildman–Crippen MR) is 73.0 cm³/mol. The summed E-state index contributed by atoms with van der Waals surface area (Å²) in [6.45, 7) is 5.35. The molecule has 0 saturated heterocycles. The maximum absolute atomic E-state index is 10.3. The van der Waals surface area contributed by atoms with Gasteiger partial charge in [0.25, 0.3) is 0 Å². The van der Waals surface area contributed by atoms with Crippen LogP contribution in [0.15, 0.2) is 30.3 Å². The fourth-order valence-corrected chi connectivity index (χ4v) is 1.98. The lowest BCUT2D eigenvalue weighted by molar-refractivity contribution is 0.0717. The molecule has 0 amide bonds. The Morgan fingerprint density at radius 1 is 1.18 bits per heavy atom. The summed E-state index contributed by atoms with van der Waals surface area (Å²) in [5.74, 6) is 0. The maximum Gasteiger partial charge on any atom is 0.0942 e. The first kappa shape index (κ1) is 14.2. The van der Waals surface area contributed by atoms with E-state index in [1.807, 2.05) is 30.3 Å². The molecule has 0 aromatic heterocycles. The van der Waals surface area contributed by atoms with Gasteiger partial charge in [0.15, 0.2) is 0 Å². The maximum atomic E-state index is 10.3. The third-order valence-corrected chi connectivity index (χ3v) is 3.41. The molecule has 1 N–H and O–H groups in total. The average molecular weight is 235 g/mol. The summed E-state index contributed by atoms with van der Waals surface area (Å²) in [7, 11) is 2.09. The van der Waals surface area contributed by atoms with Gasteiger partial charge in [-0.1, -0.05) is 50.1 Å². The first-order chi connectivity index (χ1) is 8.16. The zero-order valence-corrected chi connectivity index (χ0v) is 11.3. The molecule has 17 heavy (non-hydrogen) atoms. The summed E-state index contributed by atoms with van der Waals surface area (Å²) in [6, 6.07) is 10.1. The minimum Gasteiger partial charge on any atom is -0.387 e. The summed E-state index contributed by atoms with van der Waals surface area (Å²) >= 11 is 0.